The Kier molecular flexibility index (Phi) is 3.46. The Labute approximate surface area is 108 Å². The number of fused-ring (bicyclic) bond motifs is 1. The largest absolute Gasteiger partial charge is 0.374 e. The molecule has 1 aromatic carbocycles. The third-order valence-electron chi connectivity index (χ3n) is 4.14. The first-order valence-electron chi connectivity index (χ1n) is 7.05. The summed E-state index contributed by atoms with van der Waals surface area (Å²) in [5, 5.41) is 0. The molecule has 0 aliphatic heterocycles. The number of hydrogen-bond acceptors (Lipinski definition) is 2. The fraction of sp³-hybridized carbons (Fsp3) is 0.562. The van der Waals surface area contributed by atoms with Gasteiger partial charge in [0.25, 0.3) is 0 Å². The van der Waals surface area contributed by atoms with Crippen LogP contribution in [-0.4, -0.2) is 11.9 Å². The Balaban J connectivity index is 1.55. The van der Waals surface area contributed by atoms with Crippen molar-refractivity contribution in [2.24, 2.45) is 0 Å². The molecular weight excluding hydrogens is 224 g/mol. The van der Waals surface area contributed by atoms with Gasteiger partial charge in [0.05, 0.1) is 12.7 Å². The maximum atomic E-state index is 11.2. The summed E-state index contributed by atoms with van der Waals surface area (Å²) in [7, 11) is 0. The van der Waals surface area contributed by atoms with E-state index in [4.69, 9.17) is 4.74 Å². The highest BCUT2D eigenvalue weighted by Gasteiger charge is 2.19. The van der Waals surface area contributed by atoms with Crippen molar-refractivity contribution in [1.29, 1.82) is 0 Å². The standard InChI is InChI=1S/C16H20O2/c17-15-6-8-16(9-7-15)18-11-12-4-5-13-2-1-3-14(13)10-12/h4-5,10,16H,1-3,6-9,11H2. The number of Topliss-reactive ketones (excluding diaryl/α,β-unsaturated/α-hetero) is 1. The van der Waals surface area contributed by atoms with Crippen molar-refractivity contribution >= 4 is 5.78 Å². The van der Waals surface area contributed by atoms with Crippen molar-refractivity contribution in [3.05, 3.63) is 34.9 Å². The number of carbonyl (C=O) groups is 1. The molecule has 0 radical (unpaired) electrons. The fourth-order valence-electron chi connectivity index (χ4n) is 3.01. The van der Waals surface area contributed by atoms with Crippen LogP contribution in [0.2, 0.25) is 0 Å². The summed E-state index contributed by atoms with van der Waals surface area (Å²) < 4.78 is 5.92. The van der Waals surface area contributed by atoms with E-state index in [1.165, 1.54) is 36.0 Å². The Bertz CT molecular complexity index is 440. The van der Waals surface area contributed by atoms with E-state index in [-0.39, 0.29) is 6.10 Å². The minimum Gasteiger partial charge on any atom is -0.374 e. The third kappa shape index (κ3) is 2.64. The van der Waals surface area contributed by atoms with E-state index in [0.29, 0.717) is 25.2 Å². The third-order valence-corrected chi connectivity index (χ3v) is 4.14. The number of benzene rings is 1. The average Bonchev–Trinajstić information content (AvgIpc) is 2.85. The molecule has 0 amide bonds. The normalized spacial score (nSPS) is 20.1. The molecule has 18 heavy (non-hydrogen) atoms. The van der Waals surface area contributed by atoms with E-state index < -0.39 is 0 Å². The zero-order chi connectivity index (χ0) is 12.4. The van der Waals surface area contributed by atoms with Gasteiger partial charge in [-0.2, -0.15) is 0 Å². The van der Waals surface area contributed by atoms with Gasteiger partial charge >= 0.3 is 0 Å². The van der Waals surface area contributed by atoms with Crippen molar-refractivity contribution in [3.8, 4) is 0 Å². The molecule has 0 saturated heterocycles. The van der Waals surface area contributed by atoms with E-state index in [1.807, 2.05) is 0 Å². The summed E-state index contributed by atoms with van der Waals surface area (Å²) in [6.07, 6.45) is 7.26. The topological polar surface area (TPSA) is 26.3 Å². The van der Waals surface area contributed by atoms with E-state index in [9.17, 15) is 4.79 Å². The van der Waals surface area contributed by atoms with Gasteiger partial charge in [0, 0.05) is 12.8 Å². The van der Waals surface area contributed by atoms with Crippen molar-refractivity contribution < 1.29 is 9.53 Å². The zero-order valence-electron chi connectivity index (χ0n) is 10.8. The van der Waals surface area contributed by atoms with Gasteiger partial charge in [-0.3, -0.25) is 4.79 Å². The summed E-state index contributed by atoms with van der Waals surface area (Å²) in [4.78, 5) is 11.2. The maximum Gasteiger partial charge on any atom is 0.133 e. The molecule has 0 spiro atoms. The molecule has 1 saturated carbocycles. The van der Waals surface area contributed by atoms with E-state index in [2.05, 4.69) is 18.2 Å². The van der Waals surface area contributed by atoms with Crippen LogP contribution in [0, 0.1) is 0 Å². The van der Waals surface area contributed by atoms with Crippen LogP contribution in [0.4, 0.5) is 0 Å². The van der Waals surface area contributed by atoms with Crippen LogP contribution in [0.1, 0.15) is 48.8 Å². The van der Waals surface area contributed by atoms with E-state index in [1.54, 1.807) is 0 Å². The molecule has 1 fully saturated rings. The number of aryl methyl sites for hydroxylation is 2. The van der Waals surface area contributed by atoms with Crippen LogP contribution < -0.4 is 0 Å². The highest BCUT2D eigenvalue weighted by atomic mass is 16.5. The number of ketones is 1. The van der Waals surface area contributed by atoms with Crippen LogP contribution in [-0.2, 0) is 29.0 Å². The molecular formula is C16H20O2. The second-order valence-corrected chi connectivity index (χ2v) is 5.51. The van der Waals surface area contributed by atoms with Crippen LogP contribution >= 0.6 is 0 Å². The first-order chi connectivity index (χ1) is 8.81. The molecule has 2 aliphatic carbocycles. The summed E-state index contributed by atoms with van der Waals surface area (Å²) in [5.74, 6) is 0.396. The molecule has 0 unspecified atom stereocenters. The second-order valence-electron chi connectivity index (χ2n) is 5.51. The summed E-state index contributed by atoms with van der Waals surface area (Å²) in [5.41, 5.74) is 4.31. The molecule has 2 nitrogen and oxygen atoms in total. The lowest BCUT2D eigenvalue weighted by Crippen LogP contribution is -2.21. The smallest absolute Gasteiger partial charge is 0.133 e. The number of hydrogen-bond donors (Lipinski definition) is 0. The first-order valence-corrected chi connectivity index (χ1v) is 7.05. The molecule has 0 heterocycles. The molecule has 2 heteroatoms. The lowest BCUT2D eigenvalue weighted by molar-refractivity contribution is -0.123. The van der Waals surface area contributed by atoms with Crippen molar-refractivity contribution in [1.82, 2.24) is 0 Å². The predicted molar refractivity (Wildman–Crippen MR) is 70.5 cm³/mol. The highest BCUT2D eigenvalue weighted by Crippen LogP contribution is 2.24. The lowest BCUT2D eigenvalue weighted by Gasteiger charge is -2.21. The molecule has 96 valence electrons. The lowest BCUT2D eigenvalue weighted by atomic mass is 9.96. The molecule has 1 aromatic rings. The van der Waals surface area contributed by atoms with Gasteiger partial charge in [0.15, 0.2) is 0 Å². The summed E-state index contributed by atoms with van der Waals surface area (Å²) >= 11 is 0. The van der Waals surface area contributed by atoms with E-state index >= 15 is 0 Å². The number of rotatable bonds is 3. The average molecular weight is 244 g/mol. The molecule has 0 bridgehead atoms. The quantitative estimate of drug-likeness (QED) is 0.816. The molecule has 0 N–H and O–H groups in total. The predicted octanol–water partition coefficient (Wildman–Crippen LogP) is 3.20. The minimum atomic E-state index is 0.288. The van der Waals surface area contributed by atoms with Gasteiger partial charge in [-0.05, 0) is 48.8 Å². The van der Waals surface area contributed by atoms with E-state index in [0.717, 1.165) is 12.8 Å². The number of carbonyl (C=O) groups excluding carboxylic acids is 1. The van der Waals surface area contributed by atoms with Crippen molar-refractivity contribution in [3.63, 3.8) is 0 Å². The molecule has 3 rings (SSSR count). The van der Waals surface area contributed by atoms with Gasteiger partial charge in [-0.1, -0.05) is 18.2 Å². The Morgan fingerprint density at radius 3 is 2.67 bits per heavy atom. The maximum absolute atomic E-state index is 11.2. The molecule has 0 aromatic heterocycles. The second kappa shape index (κ2) is 5.23. The van der Waals surface area contributed by atoms with Crippen LogP contribution in [0.15, 0.2) is 18.2 Å². The van der Waals surface area contributed by atoms with Gasteiger partial charge in [-0.15, -0.1) is 0 Å². The molecule has 2 aliphatic rings. The Morgan fingerprint density at radius 1 is 1.06 bits per heavy atom. The highest BCUT2D eigenvalue weighted by molar-refractivity contribution is 5.79. The Morgan fingerprint density at radius 2 is 1.83 bits per heavy atom. The minimum absolute atomic E-state index is 0.288. The summed E-state index contributed by atoms with van der Waals surface area (Å²) in [6, 6.07) is 6.75. The van der Waals surface area contributed by atoms with Crippen molar-refractivity contribution in [2.45, 2.75) is 57.7 Å². The zero-order valence-corrected chi connectivity index (χ0v) is 10.8. The summed E-state index contributed by atoms with van der Waals surface area (Å²) in [6.45, 7) is 0.701. The first kappa shape index (κ1) is 11.9. The van der Waals surface area contributed by atoms with Crippen LogP contribution in [0.5, 0.6) is 0 Å². The van der Waals surface area contributed by atoms with Gasteiger partial charge < -0.3 is 4.74 Å². The van der Waals surface area contributed by atoms with Crippen molar-refractivity contribution in [2.75, 3.05) is 0 Å². The Hall–Kier alpha value is -1.15. The van der Waals surface area contributed by atoms with Gasteiger partial charge in [0.1, 0.15) is 5.78 Å². The van der Waals surface area contributed by atoms with Gasteiger partial charge in [0.2, 0.25) is 0 Å². The fourth-order valence-corrected chi connectivity index (χ4v) is 3.01. The monoisotopic (exact) mass is 244 g/mol. The van der Waals surface area contributed by atoms with Crippen LogP contribution in [0.25, 0.3) is 0 Å². The van der Waals surface area contributed by atoms with Crippen LogP contribution in [0.3, 0.4) is 0 Å². The van der Waals surface area contributed by atoms with Gasteiger partial charge in [-0.25, -0.2) is 0 Å². The molecule has 0 atom stereocenters. The number of ether oxygens (including phenoxy) is 1. The SMILES string of the molecule is O=C1CCC(OCc2ccc3c(c2)CCC3)CC1.